The molecule has 3 heterocycles. The number of hydrogen-bond acceptors (Lipinski definition) is 10. The molecule has 0 radical (unpaired) electrons. The van der Waals surface area contributed by atoms with Gasteiger partial charge >= 0.3 is 0 Å². The van der Waals surface area contributed by atoms with Crippen molar-refractivity contribution in [2.24, 2.45) is 0 Å². The molecule has 5 aromatic rings. The highest BCUT2D eigenvalue weighted by atomic mass is 16.7. The quantitative estimate of drug-likeness (QED) is 0.185. The SMILES string of the molecule is COC(C)(Cc1nnc(CC(C)(OC)OC)c2c1nc(C(C)C)n2Cc1ccc(-c2ccccc2-c2nn[nH]n2)cc1)OC. The van der Waals surface area contributed by atoms with Crippen molar-refractivity contribution < 1.29 is 18.9 Å². The summed E-state index contributed by atoms with van der Waals surface area (Å²) in [6, 6.07) is 16.5. The summed E-state index contributed by atoms with van der Waals surface area (Å²) in [5, 5.41) is 23.9. The van der Waals surface area contributed by atoms with E-state index in [1.165, 1.54) is 0 Å². The first-order valence-corrected chi connectivity index (χ1v) is 14.5. The Morgan fingerprint density at radius 3 is 1.93 bits per heavy atom. The van der Waals surface area contributed by atoms with Crippen LogP contribution in [0.25, 0.3) is 33.5 Å². The molecule has 12 nitrogen and oxygen atoms in total. The number of imidazole rings is 1. The highest BCUT2D eigenvalue weighted by Crippen LogP contribution is 2.33. The Bertz CT molecular complexity index is 1690. The van der Waals surface area contributed by atoms with Crippen LogP contribution in [0.1, 0.15) is 56.4 Å². The molecular formula is C32H40N8O4. The summed E-state index contributed by atoms with van der Waals surface area (Å²) in [5.41, 5.74) is 7.17. The molecule has 1 N–H and O–H groups in total. The van der Waals surface area contributed by atoms with Crippen LogP contribution in [0.15, 0.2) is 48.5 Å². The van der Waals surface area contributed by atoms with Crippen LogP contribution in [0.4, 0.5) is 0 Å². The largest absolute Gasteiger partial charge is 0.353 e. The number of methoxy groups -OCH3 is 4. The molecule has 0 bridgehead atoms. The zero-order valence-corrected chi connectivity index (χ0v) is 26.6. The van der Waals surface area contributed by atoms with Crippen LogP contribution in [0.3, 0.4) is 0 Å². The van der Waals surface area contributed by atoms with Crippen molar-refractivity contribution >= 4 is 11.0 Å². The van der Waals surface area contributed by atoms with E-state index < -0.39 is 11.6 Å². The second-order valence-electron chi connectivity index (χ2n) is 11.4. The average molecular weight is 601 g/mol. The summed E-state index contributed by atoms with van der Waals surface area (Å²) in [5.74, 6) is -0.157. The minimum Gasteiger partial charge on any atom is -0.353 e. The predicted octanol–water partition coefficient (Wildman–Crippen LogP) is 4.95. The highest BCUT2D eigenvalue weighted by Gasteiger charge is 2.32. The number of hydrogen-bond donors (Lipinski definition) is 1. The van der Waals surface area contributed by atoms with Crippen LogP contribution in [-0.2, 0) is 38.3 Å². The Morgan fingerprint density at radius 2 is 1.36 bits per heavy atom. The fraction of sp³-hybridized carbons (Fsp3) is 0.438. The van der Waals surface area contributed by atoms with Gasteiger partial charge in [-0.2, -0.15) is 15.4 Å². The molecule has 0 spiro atoms. The fourth-order valence-electron chi connectivity index (χ4n) is 5.26. The number of ether oxygens (including phenoxy) is 4. The van der Waals surface area contributed by atoms with Crippen molar-refractivity contribution in [2.45, 2.75) is 64.6 Å². The van der Waals surface area contributed by atoms with Gasteiger partial charge in [0.05, 0.1) is 16.9 Å². The lowest BCUT2D eigenvalue weighted by Crippen LogP contribution is -2.34. The molecule has 0 unspecified atom stereocenters. The molecule has 232 valence electrons. The van der Waals surface area contributed by atoms with Crippen molar-refractivity contribution in [3.8, 4) is 22.5 Å². The van der Waals surface area contributed by atoms with Crippen LogP contribution in [0.2, 0.25) is 0 Å². The maximum atomic E-state index is 5.72. The number of tetrazole rings is 1. The lowest BCUT2D eigenvalue weighted by molar-refractivity contribution is -0.193. The summed E-state index contributed by atoms with van der Waals surface area (Å²) in [7, 11) is 6.49. The number of nitrogens with one attached hydrogen (secondary N) is 1. The van der Waals surface area contributed by atoms with Gasteiger partial charge < -0.3 is 23.5 Å². The third-order valence-electron chi connectivity index (χ3n) is 8.17. The van der Waals surface area contributed by atoms with E-state index in [0.29, 0.717) is 30.9 Å². The first-order chi connectivity index (χ1) is 21.1. The van der Waals surface area contributed by atoms with Crippen molar-refractivity contribution in [3.63, 3.8) is 0 Å². The van der Waals surface area contributed by atoms with E-state index in [4.69, 9.17) is 29.0 Å². The summed E-state index contributed by atoms with van der Waals surface area (Å²) < 4.78 is 25.0. The highest BCUT2D eigenvalue weighted by molar-refractivity contribution is 5.82. The molecule has 0 aliphatic carbocycles. The molecule has 0 aliphatic heterocycles. The minimum atomic E-state index is -0.891. The monoisotopic (exact) mass is 600 g/mol. The van der Waals surface area contributed by atoms with E-state index >= 15 is 0 Å². The van der Waals surface area contributed by atoms with Gasteiger partial charge in [-0.3, -0.25) is 0 Å². The van der Waals surface area contributed by atoms with Crippen LogP contribution >= 0.6 is 0 Å². The maximum Gasteiger partial charge on any atom is 0.205 e. The molecule has 0 amide bonds. The van der Waals surface area contributed by atoms with Crippen LogP contribution in [0.5, 0.6) is 0 Å². The van der Waals surface area contributed by atoms with Crippen molar-refractivity contribution in [1.82, 2.24) is 40.4 Å². The summed E-state index contributed by atoms with van der Waals surface area (Å²) in [6.45, 7) is 8.62. The van der Waals surface area contributed by atoms with Gasteiger partial charge in [-0.1, -0.05) is 62.4 Å². The number of aromatic amines is 1. The van der Waals surface area contributed by atoms with Crippen LogP contribution < -0.4 is 0 Å². The van der Waals surface area contributed by atoms with Gasteiger partial charge in [-0.05, 0) is 35.8 Å². The Balaban J connectivity index is 1.60. The predicted molar refractivity (Wildman–Crippen MR) is 166 cm³/mol. The van der Waals surface area contributed by atoms with Crippen molar-refractivity contribution in [1.29, 1.82) is 0 Å². The molecule has 44 heavy (non-hydrogen) atoms. The minimum absolute atomic E-state index is 0.136. The average Bonchev–Trinajstić information content (AvgIpc) is 3.72. The van der Waals surface area contributed by atoms with Gasteiger partial charge in [-0.25, -0.2) is 4.98 Å². The smallest absolute Gasteiger partial charge is 0.205 e. The third kappa shape index (κ3) is 6.25. The zero-order chi connectivity index (χ0) is 31.5. The lowest BCUT2D eigenvalue weighted by atomic mass is 9.98. The van der Waals surface area contributed by atoms with E-state index in [1.54, 1.807) is 28.4 Å². The Kier molecular flexibility index (Phi) is 9.16. The van der Waals surface area contributed by atoms with Gasteiger partial charge in [0, 0.05) is 59.3 Å². The Morgan fingerprint density at radius 1 is 0.773 bits per heavy atom. The van der Waals surface area contributed by atoms with Crippen LogP contribution in [-0.4, -0.2) is 80.4 Å². The molecule has 0 saturated carbocycles. The Hall–Kier alpha value is -4.10. The third-order valence-corrected chi connectivity index (χ3v) is 8.17. The number of rotatable bonds is 13. The summed E-state index contributed by atoms with van der Waals surface area (Å²) in [4.78, 5) is 5.15. The van der Waals surface area contributed by atoms with Gasteiger partial charge in [0.15, 0.2) is 11.6 Å². The molecule has 0 saturated heterocycles. The van der Waals surface area contributed by atoms with Crippen molar-refractivity contribution in [3.05, 3.63) is 71.3 Å². The number of aromatic nitrogens is 8. The van der Waals surface area contributed by atoms with E-state index in [9.17, 15) is 0 Å². The Labute approximate surface area is 257 Å². The first kappa shape index (κ1) is 31.3. The lowest BCUT2D eigenvalue weighted by Gasteiger charge is -2.27. The second-order valence-corrected chi connectivity index (χ2v) is 11.4. The zero-order valence-electron chi connectivity index (χ0n) is 26.6. The van der Waals surface area contributed by atoms with E-state index in [2.05, 4.69) is 74.5 Å². The number of benzene rings is 2. The van der Waals surface area contributed by atoms with Crippen molar-refractivity contribution in [2.75, 3.05) is 28.4 Å². The molecule has 2 aromatic carbocycles. The molecular weight excluding hydrogens is 560 g/mol. The van der Waals surface area contributed by atoms with Gasteiger partial charge in [-0.15, -0.1) is 10.2 Å². The first-order valence-electron chi connectivity index (χ1n) is 14.5. The van der Waals surface area contributed by atoms with E-state index in [-0.39, 0.29) is 5.92 Å². The summed E-state index contributed by atoms with van der Waals surface area (Å²) >= 11 is 0. The van der Waals surface area contributed by atoms with Gasteiger partial charge in [0.2, 0.25) is 5.82 Å². The number of nitrogens with zero attached hydrogens (tertiary/aromatic N) is 7. The topological polar surface area (TPSA) is 135 Å². The summed E-state index contributed by atoms with van der Waals surface area (Å²) in [6.07, 6.45) is 0.753. The normalized spacial score (nSPS) is 12.5. The molecule has 0 fully saturated rings. The van der Waals surface area contributed by atoms with E-state index in [1.807, 2.05) is 32.0 Å². The molecule has 0 atom stereocenters. The second kappa shape index (κ2) is 12.9. The number of fused-ring (bicyclic) bond motifs is 1. The van der Waals surface area contributed by atoms with Crippen LogP contribution in [0, 0.1) is 0 Å². The molecule has 5 rings (SSSR count). The number of H-pyrrole nitrogens is 1. The maximum absolute atomic E-state index is 5.72. The molecule has 0 aliphatic rings. The standard InChI is InChI=1S/C32H40N8O4/c1-20(2)30-33-27-25(17-31(3,41-5)42-6)34-35-26(18-32(4,43-7)44-8)28(27)40(30)19-21-13-15-22(16-14-21)23-11-9-10-12-24(23)29-36-38-39-37-29/h9-16,20H,17-19H2,1-8H3,(H,36,37,38,39). The van der Waals surface area contributed by atoms with E-state index in [0.717, 1.165) is 44.8 Å². The fourth-order valence-corrected chi connectivity index (χ4v) is 5.26. The van der Waals surface area contributed by atoms with Gasteiger partial charge in [0.1, 0.15) is 11.3 Å². The van der Waals surface area contributed by atoms with Gasteiger partial charge in [0.25, 0.3) is 0 Å². The molecule has 3 aromatic heterocycles. The molecule has 12 heteroatoms.